The van der Waals surface area contributed by atoms with Gasteiger partial charge < -0.3 is 24.6 Å². The molecule has 1 saturated carbocycles. The fourth-order valence-electron chi connectivity index (χ4n) is 5.37. The number of carbonyl (C=O) groups is 1. The number of alkyl halides is 4. The van der Waals surface area contributed by atoms with Crippen LogP contribution in [0, 0.1) is 11.8 Å². The SMILES string of the molecule is COc1cc(S(C)(=O)=O)ccc1N(CC#Cc1cc2c(NC3CCC(N(C)C)CC3F)cccc2n1CC(F)(F)F)C(=O)O. The number of sulfone groups is 1. The van der Waals surface area contributed by atoms with Crippen molar-refractivity contribution < 1.29 is 40.6 Å². The number of ether oxygens (including phenoxy) is 1. The number of amides is 1. The van der Waals surface area contributed by atoms with Crippen molar-refractivity contribution in [2.45, 2.75) is 55.1 Å². The van der Waals surface area contributed by atoms with Gasteiger partial charge in [0, 0.05) is 29.4 Å². The van der Waals surface area contributed by atoms with Crippen molar-refractivity contribution in [2.75, 3.05) is 44.2 Å². The Bertz CT molecular complexity index is 1690. The minimum absolute atomic E-state index is 0.00814. The summed E-state index contributed by atoms with van der Waals surface area (Å²) < 4.78 is 86.1. The van der Waals surface area contributed by atoms with Crippen molar-refractivity contribution in [2.24, 2.45) is 0 Å². The maximum atomic E-state index is 15.1. The molecule has 44 heavy (non-hydrogen) atoms. The Morgan fingerprint density at radius 1 is 1.18 bits per heavy atom. The van der Waals surface area contributed by atoms with Gasteiger partial charge in [-0.3, -0.25) is 4.90 Å². The number of nitrogens with zero attached hydrogens (tertiary/aromatic N) is 3. The number of halogens is 4. The van der Waals surface area contributed by atoms with Crippen LogP contribution >= 0.6 is 0 Å². The Morgan fingerprint density at radius 2 is 1.91 bits per heavy atom. The van der Waals surface area contributed by atoms with Gasteiger partial charge in [-0.1, -0.05) is 12.0 Å². The van der Waals surface area contributed by atoms with E-state index in [0.717, 1.165) is 22.1 Å². The van der Waals surface area contributed by atoms with E-state index in [-0.39, 0.29) is 33.6 Å². The van der Waals surface area contributed by atoms with Gasteiger partial charge >= 0.3 is 12.3 Å². The molecule has 1 fully saturated rings. The zero-order valence-corrected chi connectivity index (χ0v) is 25.5. The number of rotatable bonds is 8. The minimum Gasteiger partial charge on any atom is -0.495 e. The van der Waals surface area contributed by atoms with E-state index < -0.39 is 47.4 Å². The van der Waals surface area contributed by atoms with Gasteiger partial charge in [-0.15, -0.1) is 0 Å². The van der Waals surface area contributed by atoms with Gasteiger partial charge in [0.25, 0.3) is 0 Å². The highest BCUT2D eigenvalue weighted by atomic mass is 32.2. The van der Waals surface area contributed by atoms with Crippen molar-refractivity contribution in [3.8, 4) is 17.6 Å². The van der Waals surface area contributed by atoms with E-state index in [0.29, 0.717) is 23.9 Å². The summed E-state index contributed by atoms with van der Waals surface area (Å²) in [6.07, 6.45) is -4.50. The van der Waals surface area contributed by atoms with Crippen LogP contribution in [0.5, 0.6) is 5.75 Å². The maximum absolute atomic E-state index is 15.1. The van der Waals surface area contributed by atoms with Crippen molar-refractivity contribution in [1.82, 2.24) is 9.47 Å². The number of hydrogen-bond donors (Lipinski definition) is 2. The molecule has 1 aliphatic rings. The standard InChI is InChI=1S/C30H34F4N4O5S/c1-36(2)19-10-12-25(23(31)16-19)35-24-8-5-9-26-22(24)15-20(38(26)18-30(32,33)34)7-6-14-37(29(39)40)27-13-11-21(44(4,41)42)17-28(27)43-3/h5,8-9,11,13,15,17,19,23,25,35H,10,12,14,16,18H2,1-4H3,(H,39,40). The van der Waals surface area contributed by atoms with Crippen LogP contribution < -0.4 is 15.0 Å². The molecule has 0 bridgehead atoms. The van der Waals surface area contributed by atoms with Gasteiger partial charge in [-0.05, 0) is 69.6 Å². The molecule has 3 unspecified atom stereocenters. The first-order valence-electron chi connectivity index (χ1n) is 13.7. The van der Waals surface area contributed by atoms with Crippen LogP contribution in [-0.2, 0) is 16.4 Å². The summed E-state index contributed by atoms with van der Waals surface area (Å²) in [5.74, 6) is 5.27. The van der Waals surface area contributed by atoms with E-state index in [2.05, 4.69) is 17.2 Å². The van der Waals surface area contributed by atoms with Crippen LogP contribution in [-0.4, -0.2) is 87.5 Å². The molecule has 1 amide bonds. The molecule has 1 aromatic heterocycles. The predicted molar refractivity (Wildman–Crippen MR) is 160 cm³/mol. The van der Waals surface area contributed by atoms with Gasteiger partial charge in [-0.2, -0.15) is 13.2 Å². The van der Waals surface area contributed by atoms with E-state index >= 15 is 4.39 Å². The van der Waals surface area contributed by atoms with Gasteiger partial charge in [0.05, 0.1) is 41.5 Å². The zero-order chi connectivity index (χ0) is 32.4. The summed E-state index contributed by atoms with van der Waals surface area (Å²) in [7, 11) is 1.45. The molecule has 3 aromatic rings. The second-order valence-corrected chi connectivity index (χ2v) is 13.0. The van der Waals surface area contributed by atoms with Crippen LogP contribution in [0.15, 0.2) is 47.4 Å². The number of methoxy groups -OCH3 is 1. The normalized spacial score (nSPS) is 19.0. The minimum atomic E-state index is -4.58. The summed E-state index contributed by atoms with van der Waals surface area (Å²) in [5.41, 5.74) is 0.714. The number of anilines is 2. The summed E-state index contributed by atoms with van der Waals surface area (Å²) >= 11 is 0. The number of fused-ring (bicyclic) bond motifs is 1. The summed E-state index contributed by atoms with van der Waals surface area (Å²) in [5, 5.41) is 13.5. The smallest absolute Gasteiger partial charge is 0.412 e. The van der Waals surface area contributed by atoms with E-state index in [9.17, 15) is 31.5 Å². The Labute approximate surface area is 253 Å². The molecule has 2 N–H and O–H groups in total. The van der Waals surface area contributed by atoms with Gasteiger partial charge in [-0.25, -0.2) is 17.6 Å². The Kier molecular flexibility index (Phi) is 9.70. The van der Waals surface area contributed by atoms with Crippen LogP contribution in [0.4, 0.5) is 33.7 Å². The Morgan fingerprint density at radius 3 is 2.50 bits per heavy atom. The lowest BCUT2D eigenvalue weighted by Gasteiger charge is -2.36. The number of aromatic nitrogens is 1. The second kappa shape index (κ2) is 13.0. The van der Waals surface area contributed by atoms with Crippen LogP contribution in [0.1, 0.15) is 25.0 Å². The molecule has 0 radical (unpaired) electrons. The number of hydrogen-bond acceptors (Lipinski definition) is 6. The number of carboxylic acid groups (broad SMARTS) is 1. The van der Waals surface area contributed by atoms with Gasteiger partial charge in [0.1, 0.15) is 18.5 Å². The number of nitrogens with one attached hydrogen (secondary N) is 1. The predicted octanol–water partition coefficient (Wildman–Crippen LogP) is 5.38. The van der Waals surface area contributed by atoms with E-state index in [1.807, 2.05) is 19.0 Å². The third-order valence-corrected chi connectivity index (χ3v) is 8.76. The number of benzene rings is 2. The largest absolute Gasteiger partial charge is 0.495 e. The average Bonchev–Trinajstić information content (AvgIpc) is 3.27. The lowest BCUT2D eigenvalue weighted by Crippen LogP contribution is -2.43. The molecule has 0 spiro atoms. The van der Waals surface area contributed by atoms with Crippen LogP contribution in [0.25, 0.3) is 10.9 Å². The molecule has 2 aromatic carbocycles. The highest BCUT2D eigenvalue weighted by Gasteiger charge is 2.33. The molecule has 0 saturated heterocycles. The van der Waals surface area contributed by atoms with Crippen LogP contribution in [0.3, 0.4) is 0 Å². The molecular formula is C30H34F4N4O5S. The van der Waals surface area contributed by atoms with E-state index in [1.54, 1.807) is 12.1 Å². The average molecular weight is 639 g/mol. The lowest BCUT2D eigenvalue weighted by molar-refractivity contribution is -0.140. The molecule has 1 aliphatic carbocycles. The molecule has 3 atom stereocenters. The van der Waals surface area contributed by atoms with E-state index in [4.69, 9.17) is 4.74 Å². The van der Waals surface area contributed by atoms with Crippen molar-refractivity contribution in [1.29, 1.82) is 0 Å². The van der Waals surface area contributed by atoms with Crippen LogP contribution in [0.2, 0.25) is 0 Å². The molecular weight excluding hydrogens is 604 g/mol. The summed E-state index contributed by atoms with van der Waals surface area (Å²) in [6, 6.07) is 9.52. The Hall–Kier alpha value is -3.96. The molecule has 14 heteroatoms. The van der Waals surface area contributed by atoms with Crippen molar-refractivity contribution in [3.63, 3.8) is 0 Å². The van der Waals surface area contributed by atoms with Gasteiger partial charge in [0.15, 0.2) is 9.84 Å². The third kappa shape index (κ3) is 7.57. The quantitative estimate of drug-likeness (QED) is 0.252. The third-order valence-electron chi connectivity index (χ3n) is 7.65. The fraction of sp³-hybridized carbons (Fsp3) is 0.433. The maximum Gasteiger partial charge on any atom is 0.412 e. The highest BCUT2D eigenvalue weighted by Crippen LogP contribution is 2.34. The molecule has 9 nitrogen and oxygen atoms in total. The molecule has 1 heterocycles. The first-order valence-corrected chi connectivity index (χ1v) is 15.6. The zero-order valence-electron chi connectivity index (χ0n) is 24.7. The summed E-state index contributed by atoms with van der Waals surface area (Å²) in [4.78, 5) is 14.8. The van der Waals surface area contributed by atoms with Crippen molar-refractivity contribution >= 4 is 38.2 Å². The fourth-order valence-corrected chi connectivity index (χ4v) is 6.00. The molecule has 238 valence electrons. The summed E-state index contributed by atoms with van der Waals surface area (Å²) in [6.45, 7) is -1.80. The van der Waals surface area contributed by atoms with E-state index in [1.165, 1.54) is 37.4 Å². The molecule has 0 aliphatic heterocycles. The monoisotopic (exact) mass is 638 g/mol. The first-order chi connectivity index (χ1) is 20.6. The first kappa shape index (κ1) is 32.9. The van der Waals surface area contributed by atoms with Crippen molar-refractivity contribution in [3.05, 3.63) is 48.2 Å². The lowest BCUT2D eigenvalue weighted by atomic mass is 9.88. The Balaban J connectivity index is 1.68. The molecule has 4 rings (SSSR count). The van der Waals surface area contributed by atoms with Gasteiger partial charge in [0.2, 0.25) is 0 Å². The second-order valence-electron chi connectivity index (χ2n) is 10.9. The topological polar surface area (TPSA) is 104 Å². The highest BCUT2D eigenvalue weighted by molar-refractivity contribution is 7.90.